The molecule has 3 rings (SSSR count). The first-order valence-electron chi connectivity index (χ1n) is 7.94. The van der Waals surface area contributed by atoms with Crippen molar-refractivity contribution in [1.82, 2.24) is 10.3 Å². The van der Waals surface area contributed by atoms with Crippen LogP contribution in [0.25, 0.3) is 10.9 Å². The van der Waals surface area contributed by atoms with Gasteiger partial charge in [-0.1, -0.05) is 38.1 Å². The van der Waals surface area contributed by atoms with Crippen molar-refractivity contribution in [2.45, 2.75) is 38.8 Å². The van der Waals surface area contributed by atoms with Crippen molar-refractivity contribution in [3.05, 3.63) is 42.1 Å². The zero-order chi connectivity index (χ0) is 14.7. The van der Waals surface area contributed by atoms with E-state index in [0.29, 0.717) is 12.0 Å². The van der Waals surface area contributed by atoms with Gasteiger partial charge in [-0.15, -0.1) is 0 Å². The molecule has 1 aliphatic rings. The summed E-state index contributed by atoms with van der Waals surface area (Å²) in [5.41, 5.74) is 2.32. The van der Waals surface area contributed by atoms with Gasteiger partial charge in [-0.2, -0.15) is 0 Å². The van der Waals surface area contributed by atoms with Crippen molar-refractivity contribution in [1.29, 1.82) is 0 Å². The normalized spacial score (nSPS) is 22.8. The molecule has 1 N–H and O–H groups in total. The summed E-state index contributed by atoms with van der Waals surface area (Å²) < 4.78 is 6.14. The fourth-order valence-electron chi connectivity index (χ4n) is 3.14. The minimum atomic E-state index is 0.156. The highest BCUT2D eigenvalue weighted by atomic mass is 16.5. The number of nitrogens with zero attached hydrogens (tertiary/aromatic N) is 1. The second-order valence-corrected chi connectivity index (χ2v) is 6.18. The van der Waals surface area contributed by atoms with Gasteiger partial charge in [-0.3, -0.25) is 4.98 Å². The smallest absolute Gasteiger partial charge is 0.0886 e. The molecule has 2 heterocycles. The monoisotopic (exact) mass is 284 g/mol. The van der Waals surface area contributed by atoms with Gasteiger partial charge in [-0.25, -0.2) is 0 Å². The Kier molecular flexibility index (Phi) is 4.51. The summed E-state index contributed by atoms with van der Waals surface area (Å²) in [5.74, 6) is 0.522. The van der Waals surface area contributed by atoms with Crippen molar-refractivity contribution >= 4 is 10.9 Å². The Morgan fingerprint density at radius 3 is 3.00 bits per heavy atom. The van der Waals surface area contributed by atoms with Crippen LogP contribution in [0.2, 0.25) is 0 Å². The topological polar surface area (TPSA) is 34.1 Å². The van der Waals surface area contributed by atoms with E-state index in [2.05, 4.69) is 48.4 Å². The summed E-state index contributed by atoms with van der Waals surface area (Å²) >= 11 is 0. The van der Waals surface area contributed by atoms with Gasteiger partial charge in [0.2, 0.25) is 0 Å². The van der Waals surface area contributed by atoms with Gasteiger partial charge in [-0.05, 0) is 18.9 Å². The number of fused-ring (bicyclic) bond motifs is 1. The molecule has 0 saturated carbocycles. The third kappa shape index (κ3) is 3.25. The molecule has 0 aliphatic carbocycles. The standard InChI is InChI=1S/C18H24N2O/c1-13(2)20-12-15-8-5-11-21-18(15)16-9-3-6-14-7-4-10-19-17(14)16/h3-4,6-7,9-10,13,15,18,20H,5,8,11-12H2,1-2H3. The Bertz CT molecular complexity index is 591. The fourth-order valence-corrected chi connectivity index (χ4v) is 3.14. The maximum atomic E-state index is 6.14. The lowest BCUT2D eigenvalue weighted by molar-refractivity contribution is -0.0274. The summed E-state index contributed by atoms with van der Waals surface area (Å²) in [6, 6.07) is 11.0. The molecule has 1 aromatic heterocycles. The number of pyridine rings is 1. The molecule has 112 valence electrons. The van der Waals surface area contributed by atoms with E-state index in [1.54, 1.807) is 0 Å². The van der Waals surface area contributed by atoms with Gasteiger partial charge in [0.15, 0.2) is 0 Å². The van der Waals surface area contributed by atoms with E-state index in [9.17, 15) is 0 Å². The summed E-state index contributed by atoms with van der Waals surface area (Å²) in [7, 11) is 0. The highest BCUT2D eigenvalue weighted by Gasteiger charge is 2.28. The van der Waals surface area contributed by atoms with E-state index in [1.165, 1.54) is 17.4 Å². The Morgan fingerprint density at radius 1 is 1.29 bits per heavy atom. The van der Waals surface area contributed by atoms with Gasteiger partial charge < -0.3 is 10.1 Å². The molecule has 1 aliphatic heterocycles. The molecule has 3 heteroatoms. The predicted octanol–water partition coefficient (Wildman–Crippen LogP) is 3.70. The van der Waals surface area contributed by atoms with Crippen LogP contribution in [-0.2, 0) is 4.74 Å². The predicted molar refractivity (Wildman–Crippen MR) is 86.3 cm³/mol. The van der Waals surface area contributed by atoms with Gasteiger partial charge in [0.25, 0.3) is 0 Å². The van der Waals surface area contributed by atoms with Crippen molar-refractivity contribution in [2.75, 3.05) is 13.2 Å². The molecule has 1 saturated heterocycles. The molecular formula is C18H24N2O. The van der Waals surface area contributed by atoms with Crippen molar-refractivity contribution in [3.63, 3.8) is 0 Å². The van der Waals surface area contributed by atoms with Crippen LogP contribution in [0.1, 0.15) is 38.4 Å². The lowest BCUT2D eigenvalue weighted by Gasteiger charge is -2.33. The van der Waals surface area contributed by atoms with Gasteiger partial charge in [0.1, 0.15) is 0 Å². The summed E-state index contributed by atoms with van der Waals surface area (Å²) in [4.78, 5) is 4.59. The Balaban J connectivity index is 1.91. The van der Waals surface area contributed by atoms with E-state index in [4.69, 9.17) is 4.74 Å². The molecule has 0 radical (unpaired) electrons. The van der Waals surface area contributed by atoms with E-state index >= 15 is 0 Å². The van der Waals surface area contributed by atoms with Crippen molar-refractivity contribution in [3.8, 4) is 0 Å². The maximum Gasteiger partial charge on any atom is 0.0886 e. The second kappa shape index (κ2) is 6.54. The number of aromatic nitrogens is 1. The number of hydrogen-bond acceptors (Lipinski definition) is 3. The maximum absolute atomic E-state index is 6.14. The van der Waals surface area contributed by atoms with Crippen LogP contribution < -0.4 is 5.32 Å². The molecular weight excluding hydrogens is 260 g/mol. The van der Waals surface area contributed by atoms with E-state index in [-0.39, 0.29) is 6.10 Å². The van der Waals surface area contributed by atoms with Crippen LogP contribution in [-0.4, -0.2) is 24.2 Å². The third-order valence-corrected chi connectivity index (χ3v) is 4.20. The van der Waals surface area contributed by atoms with E-state index in [0.717, 1.165) is 25.1 Å². The Morgan fingerprint density at radius 2 is 2.14 bits per heavy atom. The molecule has 1 fully saturated rings. The Hall–Kier alpha value is -1.45. The van der Waals surface area contributed by atoms with Crippen LogP contribution >= 0.6 is 0 Å². The van der Waals surface area contributed by atoms with Crippen LogP contribution in [0.5, 0.6) is 0 Å². The van der Waals surface area contributed by atoms with Crippen molar-refractivity contribution < 1.29 is 4.74 Å². The fraction of sp³-hybridized carbons (Fsp3) is 0.500. The third-order valence-electron chi connectivity index (χ3n) is 4.20. The quantitative estimate of drug-likeness (QED) is 0.929. The Labute approximate surface area is 126 Å². The highest BCUT2D eigenvalue weighted by molar-refractivity contribution is 5.81. The molecule has 0 bridgehead atoms. The average molecular weight is 284 g/mol. The number of benzene rings is 1. The van der Waals surface area contributed by atoms with Gasteiger partial charge in [0, 0.05) is 42.3 Å². The average Bonchev–Trinajstić information content (AvgIpc) is 2.53. The number of para-hydroxylation sites is 1. The number of ether oxygens (including phenoxy) is 1. The van der Waals surface area contributed by atoms with Crippen LogP contribution in [0.3, 0.4) is 0 Å². The van der Waals surface area contributed by atoms with Crippen LogP contribution in [0, 0.1) is 5.92 Å². The first kappa shape index (κ1) is 14.5. The molecule has 0 amide bonds. The lowest BCUT2D eigenvalue weighted by atomic mass is 9.88. The van der Waals surface area contributed by atoms with Crippen LogP contribution in [0.15, 0.2) is 36.5 Å². The SMILES string of the molecule is CC(C)NCC1CCCOC1c1cccc2cccnc12. The number of hydrogen-bond donors (Lipinski definition) is 1. The number of rotatable bonds is 4. The lowest BCUT2D eigenvalue weighted by Crippen LogP contribution is -2.35. The largest absolute Gasteiger partial charge is 0.373 e. The minimum absolute atomic E-state index is 0.156. The van der Waals surface area contributed by atoms with Gasteiger partial charge in [0.05, 0.1) is 11.6 Å². The van der Waals surface area contributed by atoms with Crippen LogP contribution in [0.4, 0.5) is 0 Å². The number of nitrogens with one attached hydrogen (secondary N) is 1. The van der Waals surface area contributed by atoms with Gasteiger partial charge >= 0.3 is 0 Å². The summed E-state index contributed by atoms with van der Waals surface area (Å²) in [5, 5.41) is 4.76. The minimum Gasteiger partial charge on any atom is -0.373 e. The molecule has 0 spiro atoms. The summed E-state index contributed by atoms with van der Waals surface area (Å²) in [6.07, 6.45) is 4.39. The molecule has 2 aromatic rings. The zero-order valence-corrected chi connectivity index (χ0v) is 12.9. The van der Waals surface area contributed by atoms with E-state index in [1.807, 2.05) is 12.3 Å². The molecule has 2 unspecified atom stereocenters. The molecule has 2 atom stereocenters. The zero-order valence-electron chi connectivity index (χ0n) is 12.9. The first-order valence-corrected chi connectivity index (χ1v) is 7.94. The van der Waals surface area contributed by atoms with Crippen molar-refractivity contribution in [2.24, 2.45) is 5.92 Å². The second-order valence-electron chi connectivity index (χ2n) is 6.18. The molecule has 1 aromatic carbocycles. The highest BCUT2D eigenvalue weighted by Crippen LogP contribution is 2.36. The molecule has 3 nitrogen and oxygen atoms in total. The first-order chi connectivity index (χ1) is 10.3. The molecule has 21 heavy (non-hydrogen) atoms. The summed E-state index contributed by atoms with van der Waals surface area (Å²) in [6.45, 7) is 6.24. The van der Waals surface area contributed by atoms with E-state index < -0.39 is 0 Å².